The van der Waals surface area contributed by atoms with Crippen LogP contribution in [0.5, 0.6) is 0 Å². The van der Waals surface area contributed by atoms with E-state index in [-0.39, 0.29) is 5.82 Å². The zero-order chi connectivity index (χ0) is 21.5. The number of nitrogens with one attached hydrogen (secondary N) is 2. The monoisotopic (exact) mass is 428 g/mol. The largest absolute Gasteiger partial charge is 0.386 e. The van der Waals surface area contributed by atoms with E-state index in [1.807, 2.05) is 56.3 Å². The molecule has 7 heteroatoms. The Hall–Kier alpha value is -2.48. The van der Waals surface area contributed by atoms with E-state index < -0.39 is 6.10 Å². The van der Waals surface area contributed by atoms with Gasteiger partial charge in [0.05, 0.1) is 6.54 Å². The average molecular weight is 429 g/mol. The maximum absolute atomic E-state index is 14.0. The third kappa shape index (κ3) is 6.01. The summed E-state index contributed by atoms with van der Waals surface area (Å²) < 4.78 is 15.1. The van der Waals surface area contributed by atoms with Gasteiger partial charge in [-0.2, -0.15) is 0 Å². The van der Waals surface area contributed by atoms with Crippen LogP contribution in [0.4, 0.5) is 4.39 Å². The van der Waals surface area contributed by atoms with Crippen LogP contribution in [0.3, 0.4) is 0 Å². The number of aliphatic hydroxyl groups is 1. The fourth-order valence-corrected chi connectivity index (χ4v) is 4.21. The smallest absolute Gasteiger partial charge is 0.191 e. The molecule has 0 aliphatic rings. The zero-order valence-electron chi connectivity index (χ0n) is 17.7. The lowest BCUT2D eigenvalue weighted by atomic mass is 10.1. The molecule has 0 spiro atoms. The summed E-state index contributed by atoms with van der Waals surface area (Å²) in [6.07, 6.45) is -0.622. The molecule has 1 heterocycles. The minimum atomic E-state index is -0.622. The van der Waals surface area contributed by atoms with Crippen molar-refractivity contribution in [2.75, 3.05) is 27.2 Å². The van der Waals surface area contributed by atoms with Gasteiger partial charge < -0.3 is 20.6 Å². The molecule has 0 fully saturated rings. The van der Waals surface area contributed by atoms with Crippen LogP contribution in [0, 0.1) is 5.82 Å². The molecule has 0 amide bonds. The Morgan fingerprint density at radius 1 is 1.17 bits per heavy atom. The van der Waals surface area contributed by atoms with E-state index in [0.29, 0.717) is 37.7 Å². The number of halogens is 1. The predicted octanol–water partition coefficient (Wildman–Crippen LogP) is 3.89. The van der Waals surface area contributed by atoms with Crippen molar-refractivity contribution < 1.29 is 9.50 Å². The lowest BCUT2D eigenvalue weighted by Crippen LogP contribution is -2.39. The van der Waals surface area contributed by atoms with Crippen molar-refractivity contribution in [2.24, 2.45) is 4.99 Å². The molecule has 0 aliphatic carbocycles. The number of thiophene rings is 1. The lowest BCUT2D eigenvalue weighted by molar-refractivity contribution is 0.184. The molecule has 0 bridgehead atoms. The van der Waals surface area contributed by atoms with Crippen molar-refractivity contribution in [1.29, 1.82) is 0 Å². The van der Waals surface area contributed by atoms with Gasteiger partial charge in [0.25, 0.3) is 0 Å². The van der Waals surface area contributed by atoms with E-state index in [2.05, 4.69) is 21.7 Å². The lowest BCUT2D eigenvalue weighted by Gasteiger charge is -2.15. The molecule has 3 N–H and O–H groups in total. The van der Waals surface area contributed by atoms with Gasteiger partial charge in [-0.05, 0) is 56.2 Å². The number of aliphatic imine (C=N–C) groups is 1. The molecule has 0 radical (unpaired) electrons. The summed E-state index contributed by atoms with van der Waals surface area (Å²) in [6, 6.07) is 15.2. The van der Waals surface area contributed by atoms with Crippen LogP contribution in [-0.4, -0.2) is 43.2 Å². The summed E-state index contributed by atoms with van der Waals surface area (Å²) in [5, 5.41) is 18.1. The van der Waals surface area contributed by atoms with Crippen LogP contribution in [0.2, 0.25) is 0 Å². The molecule has 1 unspecified atom stereocenters. The van der Waals surface area contributed by atoms with E-state index in [1.165, 1.54) is 6.07 Å². The maximum Gasteiger partial charge on any atom is 0.191 e. The predicted molar refractivity (Wildman–Crippen MR) is 123 cm³/mol. The number of nitrogens with zero attached hydrogens (tertiary/aromatic N) is 2. The van der Waals surface area contributed by atoms with E-state index in [0.717, 1.165) is 20.5 Å². The summed E-state index contributed by atoms with van der Waals surface area (Å²) in [4.78, 5) is 7.45. The van der Waals surface area contributed by atoms with Gasteiger partial charge >= 0.3 is 0 Å². The van der Waals surface area contributed by atoms with E-state index in [1.54, 1.807) is 17.4 Å². The fraction of sp³-hybridized carbons (Fsp3) is 0.348. The molecule has 2 aromatic carbocycles. The van der Waals surface area contributed by atoms with Crippen molar-refractivity contribution in [3.8, 4) is 0 Å². The second kappa shape index (κ2) is 10.5. The summed E-state index contributed by atoms with van der Waals surface area (Å²) >= 11 is 1.60. The zero-order valence-corrected chi connectivity index (χ0v) is 18.5. The van der Waals surface area contributed by atoms with Crippen molar-refractivity contribution in [3.05, 3.63) is 70.4 Å². The molecule has 0 saturated carbocycles. The van der Waals surface area contributed by atoms with Crippen LogP contribution in [0.15, 0.2) is 53.5 Å². The number of hydrogen-bond acceptors (Lipinski definition) is 4. The number of rotatable bonds is 8. The molecular formula is C23H29FN4OS. The molecule has 5 nitrogen and oxygen atoms in total. The Bertz CT molecular complexity index is 969. The van der Waals surface area contributed by atoms with Gasteiger partial charge in [-0.3, -0.25) is 0 Å². The van der Waals surface area contributed by atoms with E-state index >= 15 is 0 Å². The van der Waals surface area contributed by atoms with Crippen LogP contribution in [0.25, 0.3) is 10.1 Å². The molecular weight excluding hydrogens is 399 g/mol. The van der Waals surface area contributed by atoms with Gasteiger partial charge in [-0.1, -0.05) is 24.3 Å². The molecule has 160 valence electrons. The Labute approximate surface area is 181 Å². The van der Waals surface area contributed by atoms with Crippen molar-refractivity contribution >= 4 is 27.4 Å². The first-order valence-corrected chi connectivity index (χ1v) is 10.9. The molecule has 0 saturated heterocycles. The van der Waals surface area contributed by atoms with Gasteiger partial charge in [-0.15, -0.1) is 11.3 Å². The summed E-state index contributed by atoms with van der Waals surface area (Å²) in [5.41, 5.74) is 1.60. The standard InChI is InChI=1S/C23H29FN4OS/c1-4-25-23(26-13-16-9-10-19(24)18(11-16)15-28(2)3)27-14-20(29)22-12-17-7-5-6-8-21(17)30-22/h5-12,20,29H,4,13-15H2,1-3H3,(H2,25,26,27). The first kappa shape index (κ1) is 22.2. The van der Waals surface area contributed by atoms with Crippen molar-refractivity contribution in [1.82, 2.24) is 15.5 Å². The quantitative estimate of drug-likeness (QED) is 0.376. The highest BCUT2D eigenvalue weighted by Gasteiger charge is 2.12. The SMILES string of the molecule is CCNC(=NCc1ccc(F)c(CN(C)C)c1)NCC(O)c1cc2ccccc2s1. The van der Waals surface area contributed by atoms with Crippen LogP contribution >= 0.6 is 11.3 Å². The summed E-state index contributed by atoms with van der Waals surface area (Å²) in [7, 11) is 3.83. The van der Waals surface area contributed by atoms with Gasteiger partial charge in [-0.25, -0.2) is 9.38 Å². The molecule has 1 atom stereocenters. The minimum Gasteiger partial charge on any atom is -0.386 e. The first-order chi connectivity index (χ1) is 14.5. The Kier molecular flexibility index (Phi) is 7.79. The van der Waals surface area contributed by atoms with Crippen LogP contribution in [0.1, 0.15) is 29.0 Å². The second-order valence-corrected chi connectivity index (χ2v) is 8.56. The second-order valence-electron chi connectivity index (χ2n) is 7.44. The van der Waals surface area contributed by atoms with Crippen molar-refractivity contribution in [2.45, 2.75) is 26.1 Å². The highest BCUT2D eigenvalue weighted by Crippen LogP contribution is 2.29. The number of guanidine groups is 1. The molecule has 30 heavy (non-hydrogen) atoms. The Balaban J connectivity index is 1.64. The van der Waals surface area contributed by atoms with E-state index in [4.69, 9.17) is 0 Å². The van der Waals surface area contributed by atoms with Crippen LogP contribution in [-0.2, 0) is 13.1 Å². The fourth-order valence-electron chi connectivity index (χ4n) is 3.16. The number of benzene rings is 2. The Morgan fingerprint density at radius 3 is 2.70 bits per heavy atom. The van der Waals surface area contributed by atoms with E-state index in [9.17, 15) is 9.50 Å². The van der Waals surface area contributed by atoms with Gasteiger partial charge in [0.15, 0.2) is 5.96 Å². The number of fused-ring (bicyclic) bond motifs is 1. The van der Waals surface area contributed by atoms with Crippen molar-refractivity contribution in [3.63, 3.8) is 0 Å². The highest BCUT2D eigenvalue weighted by atomic mass is 32.1. The molecule has 3 aromatic rings. The summed E-state index contributed by atoms with van der Waals surface area (Å²) in [5.74, 6) is 0.420. The first-order valence-electron chi connectivity index (χ1n) is 10.1. The minimum absolute atomic E-state index is 0.201. The topological polar surface area (TPSA) is 59.9 Å². The third-order valence-corrected chi connectivity index (χ3v) is 5.81. The van der Waals surface area contributed by atoms with Gasteiger partial charge in [0.1, 0.15) is 11.9 Å². The third-order valence-electron chi connectivity index (χ3n) is 4.60. The normalized spacial score (nSPS) is 13.1. The van der Waals surface area contributed by atoms with Gasteiger partial charge in [0.2, 0.25) is 0 Å². The summed E-state index contributed by atoms with van der Waals surface area (Å²) in [6.45, 7) is 4.03. The average Bonchev–Trinajstić information content (AvgIpc) is 3.16. The molecule has 3 rings (SSSR count). The number of aliphatic hydroxyl groups excluding tert-OH is 1. The Morgan fingerprint density at radius 2 is 1.97 bits per heavy atom. The number of hydrogen-bond donors (Lipinski definition) is 3. The van der Waals surface area contributed by atoms with Gasteiger partial charge in [0, 0.05) is 34.8 Å². The highest BCUT2D eigenvalue weighted by molar-refractivity contribution is 7.19. The van der Waals surface area contributed by atoms with Crippen LogP contribution < -0.4 is 10.6 Å². The maximum atomic E-state index is 14.0. The molecule has 0 aliphatic heterocycles. The molecule has 1 aromatic heterocycles.